The maximum Gasteiger partial charge on any atom is 0.306 e. The molecule has 1 heterocycles. The molecule has 1 aliphatic carbocycles. The molecule has 18 heavy (non-hydrogen) atoms. The SMILES string of the molecule is O=C(NCC1CCCCC1C(=O)O)c1cncs1. The highest BCUT2D eigenvalue weighted by Gasteiger charge is 2.30. The Bertz CT molecular complexity index is 419. The Balaban J connectivity index is 1.88. The van der Waals surface area contributed by atoms with Gasteiger partial charge in [0.25, 0.3) is 5.91 Å². The number of rotatable bonds is 4. The maximum absolute atomic E-state index is 11.7. The van der Waals surface area contributed by atoms with Crippen LogP contribution < -0.4 is 5.32 Å². The number of nitrogens with one attached hydrogen (secondary N) is 1. The van der Waals surface area contributed by atoms with Crippen LogP contribution in [-0.2, 0) is 4.79 Å². The van der Waals surface area contributed by atoms with E-state index in [1.807, 2.05) is 0 Å². The molecule has 1 aliphatic rings. The fourth-order valence-electron chi connectivity index (χ4n) is 2.42. The molecule has 98 valence electrons. The summed E-state index contributed by atoms with van der Waals surface area (Å²) in [5, 5.41) is 11.9. The third kappa shape index (κ3) is 3.07. The summed E-state index contributed by atoms with van der Waals surface area (Å²) in [4.78, 5) is 27.3. The molecule has 2 unspecified atom stereocenters. The minimum atomic E-state index is -0.744. The molecule has 2 N–H and O–H groups in total. The maximum atomic E-state index is 11.7. The lowest BCUT2D eigenvalue weighted by Crippen LogP contribution is -2.37. The molecule has 6 heteroatoms. The number of aromatic nitrogens is 1. The van der Waals surface area contributed by atoms with Gasteiger partial charge in [0.15, 0.2) is 0 Å². The number of nitrogens with zero attached hydrogens (tertiary/aromatic N) is 1. The quantitative estimate of drug-likeness (QED) is 0.872. The first kappa shape index (κ1) is 13.0. The lowest BCUT2D eigenvalue weighted by atomic mass is 9.79. The van der Waals surface area contributed by atoms with E-state index in [0.29, 0.717) is 11.4 Å². The van der Waals surface area contributed by atoms with E-state index in [4.69, 9.17) is 5.11 Å². The summed E-state index contributed by atoms with van der Waals surface area (Å²) < 4.78 is 0. The topological polar surface area (TPSA) is 79.3 Å². The number of thiazole rings is 1. The number of carboxylic acid groups (broad SMARTS) is 1. The van der Waals surface area contributed by atoms with Gasteiger partial charge in [-0.15, -0.1) is 11.3 Å². The monoisotopic (exact) mass is 268 g/mol. The zero-order valence-corrected chi connectivity index (χ0v) is 10.8. The van der Waals surface area contributed by atoms with Crippen LogP contribution in [0.2, 0.25) is 0 Å². The molecule has 0 spiro atoms. The molecular weight excluding hydrogens is 252 g/mol. The van der Waals surface area contributed by atoms with Crippen molar-refractivity contribution >= 4 is 23.2 Å². The Hall–Kier alpha value is -1.43. The van der Waals surface area contributed by atoms with Crippen molar-refractivity contribution in [1.82, 2.24) is 10.3 Å². The minimum absolute atomic E-state index is 0.0492. The molecule has 0 bridgehead atoms. The van der Waals surface area contributed by atoms with E-state index in [1.54, 1.807) is 5.51 Å². The number of amides is 1. The summed E-state index contributed by atoms with van der Waals surface area (Å²) in [5.41, 5.74) is 1.61. The first-order chi connectivity index (χ1) is 8.68. The normalized spacial score (nSPS) is 23.6. The molecule has 0 aromatic carbocycles. The zero-order chi connectivity index (χ0) is 13.0. The first-order valence-electron chi connectivity index (χ1n) is 6.08. The lowest BCUT2D eigenvalue weighted by Gasteiger charge is -2.28. The van der Waals surface area contributed by atoms with Crippen LogP contribution in [0.4, 0.5) is 0 Å². The van der Waals surface area contributed by atoms with Crippen LogP contribution in [0.25, 0.3) is 0 Å². The summed E-state index contributed by atoms with van der Waals surface area (Å²) in [6.07, 6.45) is 5.13. The highest BCUT2D eigenvalue weighted by Crippen LogP contribution is 2.29. The van der Waals surface area contributed by atoms with Crippen molar-refractivity contribution < 1.29 is 14.7 Å². The van der Waals surface area contributed by atoms with Gasteiger partial charge in [0.05, 0.1) is 17.6 Å². The molecule has 1 aromatic rings. The molecule has 5 nitrogen and oxygen atoms in total. The summed E-state index contributed by atoms with van der Waals surface area (Å²) in [5.74, 6) is -1.17. The summed E-state index contributed by atoms with van der Waals surface area (Å²) in [6.45, 7) is 0.438. The summed E-state index contributed by atoms with van der Waals surface area (Å²) >= 11 is 1.29. The van der Waals surface area contributed by atoms with Gasteiger partial charge in [-0.2, -0.15) is 0 Å². The molecule has 1 saturated carbocycles. The van der Waals surface area contributed by atoms with Crippen molar-refractivity contribution in [3.8, 4) is 0 Å². The van der Waals surface area contributed by atoms with E-state index in [1.165, 1.54) is 17.5 Å². The Labute approximate surface area is 109 Å². The van der Waals surface area contributed by atoms with Crippen molar-refractivity contribution in [2.75, 3.05) is 6.54 Å². The van der Waals surface area contributed by atoms with Gasteiger partial charge in [0.2, 0.25) is 0 Å². The van der Waals surface area contributed by atoms with Crippen LogP contribution >= 0.6 is 11.3 Å². The van der Waals surface area contributed by atoms with Gasteiger partial charge in [-0.05, 0) is 18.8 Å². The van der Waals surface area contributed by atoms with E-state index >= 15 is 0 Å². The summed E-state index contributed by atoms with van der Waals surface area (Å²) in [7, 11) is 0. The third-order valence-electron chi connectivity index (χ3n) is 3.41. The van der Waals surface area contributed by atoms with Crippen molar-refractivity contribution in [3.05, 3.63) is 16.6 Å². The Morgan fingerprint density at radius 3 is 2.89 bits per heavy atom. The molecule has 1 amide bonds. The number of hydrogen-bond donors (Lipinski definition) is 2. The largest absolute Gasteiger partial charge is 0.481 e. The number of hydrogen-bond acceptors (Lipinski definition) is 4. The average molecular weight is 268 g/mol. The van der Waals surface area contributed by atoms with Gasteiger partial charge in [0, 0.05) is 6.54 Å². The van der Waals surface area contributed by atoms with Gasteiger partial charge in [0.1, 0.15) is 4.88 Å². The van der Waals surface area contributed by atoms with Crippen LogP contribution in [0.3, 0.4) is 0 Å². The smallest absolute Gasteiger partial charge is 0.306 e. The molecule has 2 atom stereocenters. The van der Waals surface area contributed by atoms with Gasteiger partial charge in [-0.3, -0.25) is 14.6 Å². The standard InChI is InChI=1S/C12H16N2O3S/c15-11(10-6-13-7-18-10)14-5-8-3-1-2-4-9(8)12(16)17/h6-9H,1-5H2,(H,14,15)(H,16,17). The minimum Gasteiger partial charge on any atom is -0.481 e. The van der Waals surface area contributed by atoms with Crippen LogP contribution in [0.1, 0.15) is 35.4 Å². The van der Waals surface area contributed by atoms with Crippen molar-refractivity contribution in [3.63, 3.8) is 0 Å². The second kappa shape index (κ2) is 5.95. The Morgan fingerprint density at radius 2 is 2.22 bits per heavy atom. The van der Waals surface area contributed by atoms with Crippen molar-refractivity contribution in [1.29, 1.82) is 0 Å². The van der Waals surface area contributed by atoms with E-state index in [2.05, 4.69) is 10.3 Å². The van der Waals surface area contributed by atoms with Gasteiger partial charge < -0.3 is 10.4 Å². The highest BCUT2D eigenvalue weighted by atomic mass is 32.1. The fraction of sp³-hybridized carbons (Fsp3) is 0.583. The highest BCUT2D eigenvalue weighted by molar-refractivity contribution is 7.11. The summed E-state index contributed by atoms with van der Waals surface area (Å²) in [6, 6.07) is 0. The van der Waals surface area contributed by atoms with Crippen LogP contribution in [0.15, 0.2) is 11.7 Å². The molecule has 2 rings (SSSR count). The van der Waals surface area contributed by atoms with Crippen LogP contribution in [-0.4, -0.2) is 28.5 Å². The molecule has 0 aliphatic heterocycles. The number of carbonyl (C=O) groups is 2. The molecule has 0 saturated heterocycles. The van der Waals surface area contributed by atoms with E-state index in [0.717, 1.165) is 25.7 Å². The molecule has 1 fully saturated rings. The van der Waals surface area contributed by atoms with Crippen LogP contribution in [0, 0.1) is 11.8 Å². The lowest BCUT2D eigenvalue weighted by molar-refractivity contribution is -0.144. The second-order valence-electron chi connectivity index (χ2n) is 4.56. The van der Waals surface area contributed by atoms with Gasteiger partial charge in [-0.25, -0.2) is 0 Å². The number of carbonyl (C=O) groups excluding carboxylic acids is 1. The number of carboxylic acids is 1. The van der Waals surface area contributed by atoms with E-state index in [-0.39, 0.29) is 17.7 Å². The third-order valence-corrected chi connectivity index (χ3v) is 4.18. The first-order valence-corrected chi connectivity index (χ1v) is 6.96. The fourth-order valence-corrected chi connectivity index (χ4v) is 2.95. The van der Waals surface area contributed by atoms with Crippen molar-refractivity contribution in [2.24, 2.45) is 11.8 Å². The Morgan fingerprint density at radius 1 is 1.44 bits per heavy atom. The van der Waals surface area contributed by atoms with Crippen LogP contribution in [0.5, 0.6) is 0 Å². The average Bonchev–Trinajstić information content (AvgIpc) is 2.90. The van der Waals surface area contributed by atoms with E-state index < -0.39 is 5.97 Å². The zero-order valence-electron chi connectivity index (χ0n) is 9.96. The van der Waals surface area contributed by atoms with Crippen molar-refractivity contribution in [2.45, 2.75) is 25.7 Å². The second-order valence-corrected chi connectivity index (χ2v) is 5.45. The van der Waals surface area contributed by atoms with Gasteiger partial charge >= 0.3 is 5.97 Å². The molecular formula is C12H16N2O3S. The van der Waals surface area contributed by atoms with Gasteiger partial charge in [-0.1, -0.05) is 12.8 Å². The number of aliphatic carboxylic acids is 1. The molecule has 1 aromatic heterocycles. The Kier molecular flexibility index (Phi) is 4.30. The predicted molar refractivity (Wildman–Crippen MR) is 67.5 cm³/mol. The van der Waals surface area contributed by atoms with E-state index in [9.17, 15) is 9.59 Å². The predicted octanol–water partition coefficient (Wildman–Crippen LogP) is 1.76. The molecule has 0 radical (unpaired) electrons.